The smallest absolute Gasteiger partial charge is 0.123 e. The summed E-state index contributed by atoms with van der Waals surface area (Å²) in [6.45, 7) is 2.67. The molecule has 3 heteroatoms. The number of nitrogens with two attached hydrogens (primary N) is 1. The zero-order chi connectivity index (χ0) is 12.5. The second kappa shape index (κ2) is 4.75. The lowest BCUT2D eigenvalue weighted by molar-refractivity contribution is 0.0307. The van der Waals surface area contributed by atoms with Crippen molar-refractivity contribution < 1.29 is 9.50 Å². The van der Waals surface area contributed by atoms with Crippen molar-refractivity contribution >= 4 is 0 Å². The highest BCUT2D eigenvalue weighted by Gasteiger charge is 2.42. The molecule has 0 heterocycles. The van der Waals surface area contributed by atoms with Gasteiger partial charge in [-0.05, 0) is 36.5 Å². The van der Waals surface area contributed by atoms with E-state index in [1.807, 2.05) is 0 Å². The summed E-state index contributed by atoms with van der Waals surface area (Å²) in [5.41, 5.74) is 6.41. The summed E-state index contributed by atoms with van der Waals surface area (Å²) in [4.78, 5) is 0. The first-order chi connectivity index (χ1) is 8.07. The lowest BCUT2D eigenvalue weighted by Gasteiger charge is -2.33. The van der Waals surface area contributed by atoms with Crippen LogP contribution in [0, 0.1) is 17.2 Å². The van der Waals surface area contributed by atoms with Gasteiger partial charge in [-0.1, -0.05) is 25.5 Å². The van der Waals surface area contributed by atoms with Gasteiger partial charge in [0.2, 0.25) is 0 Å². The van der Waals surface area contributed by atoms with E-state index in [9.17, 15) is 9.50 Å². The molecule has 0 aromatic heterocycles. The van der Waals surface area contributed by atoms with E-state index >= 15 is 0 Å². The molecule has 1 aromatic rings. The Balaban J connectivity index is 2.23. The molecule has 3 N–H and O–H groups in total. The molecular weight excluding hydrogens is 217 g/mol. The monoisotopic (exact) mass is 237 g/mol. The van der Waals surface area contributed by atoms with E-state index in [4.69, 9.17) is 5.73 Å². The van der Waals surface area contributed by atoms with Gasteiger partial charge >= 0.3 is 0 Å². The van der Waals surface area contributed by atoms with Gasteiger partial charge in [-0.15, -0.1) is 0 Å². The van der Waals surface area contributed by atoms with Crippen LogP contribution in [0.3, 0.4) is 0 Å². The van der Waals surface area contributed by atoms with E-state index in [2.05, 4.69) is 6.92 Å². The first-order valence-corrected chi connectivity index (χ1v) is 6.21. The SMILES string of the molecule is CC1CCC(CN)(C(O)c2ccc(F)cc2)C1. The van der Waals surface area contributed by atoms with Crippen LogP contribution < -0.4 is 5.73 Å². The van der Waals surface area contributed by atoms with Crippen molar-refractivity contribution in [3.8, 4) is 0 Å². The normalized spacial score (nSPS) is 30.5. The minimum Gasteiger partial charge on any atom is -0.388 e. The second-order valence-corrected chi connectivity index (χ2v) is 5.37. The Morgan fingerprint density at radius 2 is 2.12 bits per heavy atom. The van der Waals surface area contributed by atoms with Crippen LogP contribution >= 0.6 is 0 Å². The Morgan fingerprint density at radius 3 is 2.59 bits per heavy atom. The Hall–Kier alpha value is -0.930. The summed E-state index contributed by atoms with van der Waals surface area (Å²) < 4.78 is 12.9. The van der Waals surface area contributed by atoms with Crippen molar-refractivity contribution in [2.24, 2.45) is 17.1 Å². The molecule has 2 rings (SSSR count). The molecule has 17 heavy (non-hydrogen) atoms. The molecule has 94 valence electrons. The molecule has 0 aliphatic heterocycles. The Labute approximate surface area is 102 Å². The molecule has 0 bridgehead atoms. The summed E-state index contributed by atoms with van der Waals surface area (Å²) in [5.74, 6) is 0.330. The van der Waals surface area contributed by atoms with E-state index < -0.39 is 6.10 Å². The summed E-state index contributed by atoms with van der Waals surface area (Å²) in [6.07, 6.45) is 2.42. The lowest BCUT2D eigenvalue weighted by Crippen LogP contribution is -2.34. The fraction of sp³-hybridized carbons (Fsp3) is 0.571. The van der Waals surface area contributed by atoms with Crippen LogP contribution in [-0.4, -0.2) is 11.7 Å². The van der Waals surface area contributed by atoms with E-state index in [-0.39, 0.29) is 11.2 Å². The van der Waals surface area contributed by atoms with Gasteiger partial charge in [0.15, 0.2) is 0 Å². The fourth-order valence-corrected chi connectivity index (χ4v) is 2.98. The zero-order valence-electron chi connectivity index (χ0n) is 10.2. The molecule has 1 saturated carbocycles. The van der Waals surface area contributed by atoms with Crippen LogP contribution in [0.25, 0.3) is 0 Å². The number of hydrogen-bond acceptors (Lipinski definition) is 2. The lowest BCUT2D eigenvalue weighted by atomic mass is 9.77. The van der Waals surface area contributed by atoms with Gasteiger partial charge in [-0.3, -0.25) is 0 Å². The molecular formula is C14H20FNO. The van der Waals surface area contributed by atoms with Crippen LogP contribution in [0.5, 0.6) is 0 Å². The highest BCUT2D eigenvalue weighted by Crippen LogP contribution is 2.49. The van der Waals surface area contributed by atoms with Crippen LogP contribution in [0.1, 0.15) is 37.9 Å². The molecule has 0 radical (unpaired) electrons. The third-order valence-electron chi connectivity index (χ3n) is 4.06. The van der Waals surface area contributed by atoms with Crippen molar-refractivity contribution in [3.05, 3.63) is 35.6 Å². The first kappa shape index (κ1) is 12.5. The molecule has 0 amide bonds. The van der Waals surface area contributed by atoms with Gasteiger partial charge in [-0.2, -0.15) is 0 Å². The highest BCUT2D eigenvalue weighted by atomic mass is 19.1. The number of halogens is 1. The molecule has 2 nitrogen and oxygen atoms in total. The Morgan fingerprint density at radius 1 is 1.47 bits per heavy atom. The molecule has 3 unspecified atom stereocenters. The van der Waals surface area contributed by atoms with Crippen LogP contribution in [-0.2, 0) is 0 Å². The first-order valence-electron chi connectivity index (χ1n) is 6.21. The number of aliphatic hydroxyl groups is 1. The van der Waals surface area contributed by atoms with E-state index in [0.717, 1.165) is 24.8 Å². The second-order valence-electron chi connectivity index (χ2n) is 5.37. The minimum absolute atomic E-state index is 0.225. The number of hydrogen-bond donors (Lipinski definition) is 2. The quantitative estimate of drug-likeness (QED) is 0.849. The fourth-order valence-electron chi connectivity index (χ4n) is 2.98. The maximum atomic E-state index is 12.9. The van der Waals surface area contributed by atoms with Crippen molar-refractivity contribution in [2.45, 2.75) is 32.3 Å². The third-order valence-corrected chi connectivity index (χ3v) is 4.06. The van der Waals surface area contributed by atoms with E-state index in [1.165, 1.54) is 12.1 Å². The molecule has 0 saturated heterocycles. The van der Waals surface area contributed by atoms with Crippen molar-refractivity contribution in [3.63, 3.8) is 0 Å². The molecule has 1 aromatic carbocycles. The molecule has 1 aliphatic rings. The standard InChI is InChI=1S/C14H20FNO/c1-10-6-7-14(8-10,9-16)13(17)11-2-4-12(15)5-3-11/h2-5,10,13,17H,6-9,16H2,1H3. The maximum absolute atomic E-state index is 12.9. The van der Waals surface area contributed by atoms with Crippen LogP contribution in [0.4, 0.5) is 4.39 Å². The van der Waals surface area contributed by atoms with Crippen molar-refractivity contribution in [2.75, 3.05) is 6.54 Å². The topological polar surface area (TPSA) is 46.2 Å². The van der Waals surface area contributed by atoms with Gasteiger partial charge in [0.1, 0.15) is 5.82 Å². The largest absolute Gasteiger partial charge is 0.388 e. The van der Waals surface area contributed by atoms with Gasteiger partial charge in [0.05, 0.1) is 6.10 Å². The predicted molar refractivity (Wildman–Crippen MR) is 65.9 cm³/mol. The maximum Gasteiger partial charge on any atom is 0.123 e. The van der Waals surface area contributed by atoms with Gasteiger partial charge in [0.25, 0.3) is 0 Å². The predicted octanol–water partition coefficient (Wildman–Crippen LogP) is 2.62. The molecule has 1 aliphatic carbocycles. The van der Waals surface area contributed by atoms with Crippen LogP contribution in [0.15, 0.2) is 24.3 Å². The zero-order valence-corrected chi connectivity index (χ0v) is 10.2. The van der Waals surface area contributed by atoms with E-state index in [1.54, 1.807) is 12.1 Å². The van der Waals surface area contributed by atoms with Crippen LogP contribution in [0.2, 0.25) is 0 Å². The van der Waals surface area contributed by atoms with E-state index in [0.29, 0.717) is 12.5 Å². The number of rotatable bonds is 3. The third kappa shape index (κ3) is 2.35. The summed E-state index contributed by atoms with van der Waals surface area (Å²) in [7, 11) is 0. The summed E-state index contributed by atoms with van der Waals surface area (Å²) in [5, 5.41) is 10.5. The number of aliphatic hydroxyl groups excluding tert-OH is 1. The van der Waals surface area contributed by atoms with Crippen molar-refractivity contribution in [1.82, 2.24) is 0 Å². The summed E-state index contributed by atoms with van der Waals surface area (Å²) >= 11 is 0. The average Bonchev–Trinajstić information content (AvgIpc) is 2.72. The average molecular weight is 237 g/mol. The Bertz CT molecular complexity index is 378. The van der Waals surface area contributed by atoms with Gasteiger partial charge in [0, 0.05) is 12.0 Å². The summed E-state index contributed by atoms with van der Waals surface area (Å²) in [6, 6.07) is 6.09. The molecule has 3 atom stereocenters. The number of benzene rings is 1. The minimum atomic E-state index is -0.585. The molecule has 1 fully saturated rings. The Kier molecular flexibility index (Phi) is 3.50. The van der Waals surface area contributed by atoms with Gasteiger partial charge in [-0.25, -0.2) is 4.39 Å². The highest BCUT2D eigenvalue weighted by molar-refractivity contribution is 5.21. The molecule has 0 spiro atoms. The van der Waals surface area contributed by atoms with Crippen molar-refractivity contribution in [1.29, 1.82) is 0 Å². The van der Waals surface area contributed by atoms with Gasteiger partial charge < -0.3 is 10.8 Å².